The van der Waals surface area contributed by atoms with Crippen LogP contribution in [0, 0.1) is 0 Å². The number of guanidine groups is 1. The van der Waals surface area contributed by atoms with Gasteiger partial charge in [0.05, 0.1) is 18.8 Å². The third kappa shape index (κ3) is 8.86. The molecular formula is C24H41IN4O2. The number of piperidine rings is 1. The van der Waals surface area contributed by atoms with Crippen molar-refractivity contribution in [2.45, 2.75) is 56.8 Å². The summed E-state index contributed by atoms with van der Waals surface area (Å²) in [5.41, 5.74) is 1.37. The molecule has 0 amide bonds. The van der Waals surface area contributed by atoms with E-state index in [0.29, 0.717) is 18.2 Å². The Hall–Kier alpha value is -0.900. The molecule has 0 saturated carbocycles. The maximum atomic E-state index is 6.16. The van der Waals surface area contributed by atoms with Gasteiger partial charge in [0.1, 0.15) is 0 Å². The Bertz CT molecular complexity index is 630. The zero-order valence-electron chi connectivity index (χ0n) is 19.5. The Morgan fingerprint density at radius 3 is 2.55 bits per heavy atom. The van der Waals surface area contributed by atoms with Gasteiger partial charge in [-0.15, -0.1) is 24.0 Å². The topological polar surface area (TPSA) is 49.3 Å². The maximum Gasteiger partial charge on any atom is 0.193 e. The van der Waals surface area contributed by atoms with Crippen molar-refractivity contribution in [3.05, 3.63) is 35.9 Å². The molecular weight excluding hydrogens is 503 g/mol. The number of hydrogen-bond donors (Lipinski definition) is 1. The Morgan fingerprint density at radius 2 is 1.94 bits per heavy atom. The quantitative estimate of drug-likeness (QED) is 0.309. The molecule has 0 aromatic heterocycles. The molecule has 6 nitrogen and oxygen atoms in total. The largest absolute Gasteiger partial charge is 0.376 e. The fraction of sp³-hybridized carbons (Fsp3) is 0.708. The molecule has 1 aromatic carbocycles. The van der Waals surface area contributed by atoms with Gasteiger partial charge in [0.25, 0.3) is 0 Å². The van der Waals surface area contributed by atoms with E-state index >= 15 is 0 Å². The Balaban J connectivity index is 0.00000341. The summed E-state index contributed by atoms with van der Waals surface area (Å²) in [4.78, 5) is 9.21. The SMILES string of the molecule is CN=C(NCC(Cc1ccccc1)N(C)C)N1CCC(OCC2CCCCO2)CC1.I. The van der Waals surface area contributed by atoms with Gasteiger partial charge >= 0.3 is 0 Å². The minimum atomic E-state index is 0. The molecule has 7 heteroatoms. The van der Waals surface area contributed by atoms with E-state index in [2.05, 4.69) is 64.5 Å². The van der Waals surface area contributed by atoms with Crippen molar-refractivity contribution in [1.29, 1.82) is 0 Å². The molecule has 2 aliphatic rings. The highest BCUT2D eigenvalue weighted by Crippen LogP contribution is 2.18. The summed E-state index contributed by atoms with van der Waals surface area (Å²) in [6, 6.07) is 11.1. The molecule has 3 rings (SSSR count). The van der Waals surface area contributed by atoms with Gasteiger partial charge in [0, 0.05) is 39.3 Å². The highest BCUT2D eigenvalue weighted by molar-refractivity contribution is 14.0. The smallest absolute Gasteiger partial charge is 0.193 e. The third-order valence-electron chi connectivity index (χ3n) is 6.29. The molecule has 31 heavy (non-hydrogen) atoms. The fourth-order valence-corrected chi connectivity index (χ4v) is 4.28. The number of benzene rings is 1. The Labute approximate surface area is 205 Å². The van der Waals surface area contributed by atoms with Gasteiger partial charge in [-0.1, -0.05) is 30.3 Å². The molecule has 1 aromatic rings. The average molecular weight is 545 g/mol. The number of likely N-dealkylation sites (N-methyl/N-ethyl adjacent to an activating group) is 1. The van der Waals surface area contributed by atoms with E-state index in [-0.39, 0.29) is 24.0 Å². The molecule has 176 valence electrons. The van der Waals surface area contributed by atoms with Crippen molar-refractivity contribution in [1.82, 2.24) is 15.1 Å². The van der Waals surface area contributed by atoms with Crippen LogP contribution in [0.3, 0.4) is 0 Å². The van der Waals surface area contributed by atoms with Crippen LogP contribution in [0.2, 0.25) is 0 Å². The lowest BCUT2D eigenvalue weighted by Crippen LogP contribution is -2.50. The van der Waals surface area contributed by atoms with Crippen LogP contribution >= 0.6 is 24.0 Å². The Morgan fingerprint density at radius 1 is 1.19 bits per heavy atom. The summed E-state index contributed by atoms with van der Waals surface area (Å²) in [5, 5.41) is 3.61. The van der Waals surface area contributed by atoms with Crippen molar-refractivity contribution < 1.29 is 9.47 Å². The number of ether oxygens (including phenoxy) is 2. The van der Waals surface area contributed by atoms with Crippen LogP contribution in [-0.2, 0) is 15.9 Å². The lowest BCUT2D eigenvalue weighted by molar-refractivity contribution is -0.0721. The van der Waals surface area contributed by atoms with Crippen LogP contribution in [-0.4, -0.2) is 88.0 Å². The van der Waals surface area contributed by atoms with E-state index < -0.39 is 0 Å². The minimum absolute atomic E-state index is 0. The summed E-state index contributed by atoms with van der Waals surface area (Å²) < 4.78 is 12.0. The van der Waals surface area contributed by atoms with Crippen LogP contribution in [0.1, 0.15) is 37.7 Å². The zero-order chi connectivity index (χ0) is 21.2. The first-order valence-corrected chi connectivity index (χ1v) is 11.5. The monoisotopic (exact) mass is 544 g/mol. The molecule has 2 saturated heterocycles. The number of nitrogens with zero attached hydrogens (tertiary/aromatic N) is 3. The van der Waals surface area contributed by atoms with Gasteiger partial charge in [-0.3, -0.25) is 4.99 Å². The van der Waals surface area contributed by atoms with E-state index in [9.17, 15) is 0 Å². The van der Waals surface area contributed by atoms with E-state index in [4.69, 9.17) is 9.47 Å². The summed E-state index contributed by atoms with van der Waals surface area (Å²) in [5.74, 6) is 1.00. The molecule has 2 unspecified atom stereocenters. The number of aliphatic imine (C=N–C) groups is 1. The van der Waals surface area contributed by atoms with E-state index in [1.54, 1.807) is 0 Å². The first-order chi connectivity index (χ1) is 14.7. The number of nitrogens with one attached hydrogen (secondary N) is 1. The summed E-state index contributed by atoms with van der Waals surface area (Å²) in [6.45, 7) is 4.50. The molecule has 1 N–H and O–H groups in total. The first kappa shape index (κ1) is 26.4. The number of likely N-dealkylation sites (tertiary alicyclic amines) is 1. The molecule has 0 radical (unpaired) electrons. The van der Waals surface area contributed by atoms with Crippen molar-refractivity contribution in [2.24, 2.45) is 4.99 Å². The van der Waals surface area contributed by atoms with Gasteiger partial charge in [-0.2, -0.15) is 0 Å². The van der Waals surface area contributed by atoms with Gasteiger partial charge in [0.15, 0.2) is 5.96 Å². The molecule has 2 atom stereocenters. The molecule has 2 aliphatic heterocycles. The molecule has 2 fully saturated rings. The highest BCUT2D eigenvalue weighted by Gasteiger charge is 2.24. The number of hydrogen-bond acceptors (Lipinski definition) is 4. The fourth-order valence-electron chi connectivity index (χ4n) is 4.28. The second-order valence-electron chi connectivity index (χ2n) is 8.74. The normalized spacial score (nSPS) is 21.6. The van der Waals surface area contributed by atoms with E-state index in [1.165, 1.54) is 18.4 Å². The minimum Gasteiger partial charge on any atom is -0.376 e. The molecule has 0 spiro atoms. The summed E-state index contributed by atoms with van der Waals surface area (Å²) in [7, 11) is 6.18. The predicted molar refractivity (Wildman–Crippen MR) is 139 cm³/mol. The lowest BCUT2D eigenvalue weighted by Gasteiger charge is -2.36. The summed E-state index contributed by atoms with van der Waals surface area (Å²) >= 11 is 0. The van der Waals surface area contributed by atoms with Crippen molar-refractivity contribution in [2.75, 3.05) is 54.0 Å². The standard InChI is InChI=1S/C24H40N4O2.HI/c1-25-24(26-18-21(27(2)3)17-20-9-5-4-6-10-20)28-14-12-22(13-15-28)30-19-23-11-7-8-16-29-23;/h4-6,9-10,21-23H,7-8,11-19H2,1-3H3,(H,25,26);1H. The molecule has 0 aliphatic carbocycles. The van der Waals surface area contributed by atoms with Crippen LogP contribution < -0.4 is 5.32 Å². The summed E-state index contributed by atoms with van der Waals surface area (Å²) in [6.07, 6.45) is 7.38. The van der Waals surface area contributed by atoms with Gasteiger partial charge < -0.3 is 24.6 Å². The average Bonchev–Trinajstić information content (AvgIpc) is 2.79. The van der Waals surface area contributed by atoms with E-state index in [0.717, 1.165) is 64.5 Å². The zero-order valence-corrected chi connectivity index (χ0v) is 21.8. The first-order valence-electron chi connectivity index (χ1n) is 11.5. The van der Waals surface area contributed by atoms with Crippen LogP contribution in [0.15, 0.2) is 35.3 Å². The number of rotatable bonds is 8. The van der Waals surface area contributed by atoms with Crippen molar-refractivity contribution >= 4 is 29.9 Å². The lowest BCUT2D eigenvalue weighted by atomic mass is 10.1. The van der Waals surface area contributed by atoms with Crippen LogP contribution in [0.25, 0.3) is 0 Å². The number of halogens is 1. The third-order valence-corrected chi connectivity index (χ3v) is 6.29. The van der Waals surface area contributed by atoms with Crippen LogP contribution in [0.4, 0.5) is 0 Å². The second-order valence-corrected chi connectivity index (χ2v) is 8.74. The van der Waals surface area contributed by atoms with Crippen LogP contribution in [0.5, 0.6) is 0 Å². The maximum absolute atomic E-state index is 6.16. The second kappa shape index (κ2) is 14.3. The van der Waals surface area contributed by atoms with Gasteiger partial charge in [0.2, 0.25) is 0 Å². The predicted octanol–water partition coefficient (Wildman–Crippen LogP) is 3.40. The van der Waals surface area contributed by atoms with E-state index in [1.807, 2.05) is 7.05 Å². The molecule has 0 bridgehead atoms. The Kier molecular flexibility index (Phi) is 12.1. The molecule has 2 heterocycles. The van der Waals surface area contributed by atoms with Gasteiger partial charge in [-0.05, 0) is 58.2 Å². The van der Waals surface area contributed by atoms with Gasteiger partial charge in [-0.25, -0.2) is 0 Å². The highest BCUT2D eigenvalue weighted by atomic mass is 127. The van der Waals surface area contributed by atoms with Crippen molar-refractivity contribution in [3.8, 4) is 0 Å². The van der Waals surface area contributed by atoms with Crippen molar-refractivity contribution in [3.63, 3.8) is 0 Å².